The molecule has 4 rings (SSSR count). The summed E-state index contributed by atoms with van der Waals surface area (Å²) in [6.07, 6.45) is 1.29. The van der Waals surface area contributed by atoms with Crippen molar-refractivity contribution in [2.45, 2.75) is 12.5 Å². The fraction of sp³-hybridized carbons (Fsp3) is 0.286. The number of fused-ring (bicyclic) bond motifs is 1. The van der Waals surface area contributed by atoms with E-state index in [4.69, 9.17) is 14.6 Å². The number of aromatic nitrogens is 3. The van der Waals surface area contributed by atoms with Crippen molar-refractivity contribution < 1.29 is 19.4 Å². The Morgan fingerprint density at radius 2 is 1.97 bits per heavy atom. The predicted molar refractivity (Wildman–Crippen MR) is 111 cm³/mol. The Balaban J connectivity index is 1.57. The Hall–Kier alpha value is -3.93. The van der Waals surface area contributed by atoms with Crippen LogP contribution in [0.3, 0.4) is 0 Å². The first-order valence-corrected chi connectivity index (χ1v) is 9.39. The van der Waals surface area contributed by atoms with Gasteiger partial charge in [0.1, 0.15) is 29.3 Å². The number of likely N-dealkylation sites (tertiary alicyclic amines) is 1. The van der Waals surface area contributed by atoms with Crippen molar-refractivity contribution in [2.75, 3.05) is 32.6 Å². The second-order valence-corrected chi connectivity index (χ2v) is 6.88. The van der Waals surface area contributed by atoms with Crippen molar-refractivity contribution in [3.8, 4) is 23.3 Å². The van der Waals surface area contributed by atoms with Gasteiger partial charge in [-0.3, -0.25) is 0 Å². The molecule has 0 radical (unpaired) electrons. The number of ether oxygens (including phenoxy) is 2. The standard InChI is InChI=1S/C21H21N5O4/c1-29-16-7-13(8-17(10-16)30-2)3-4-14-9-18-19(24-14)22-12-23-20(18)25-15-5-6-26(11-15)21(27)28/h7-10,12,15H,5-6,11H2,1-2H3,(H,27,28)(H2,22,23,24,25)/t15-/m0/s1. The Morgan fingerprint density at radius 1 is 1.20 bits per heavy atom. The molecule has 9 heteroatoms. The van der Waals surface area contributed by atoms with E-state index in [0.717, 1.165) is 17.4 Å². The van der Waals surface area contributed by atoms with Crippen molar-refractivity contribution in [2.24, 2.45) is 0 Å². The number of methoxy groups -OCH3 is 2. The zero-order valence-electron chi connectivity index (χ0n) is 16.6. The van der Waals surface area contributed by atoms with Crippen molar-refractivity contribution in [1.82, 2.24) is 19.9 Å². The van der Waals surface area contributed by atoms with E-state index in [1.54, 1.807) is 20.3 Å². The molecule has 0 aliphatic carbocycles. The summed E-state index contributed by atoms with van der Waals surface area (Å²) in [5.74, 6) is 8.19. The first-order valence-electron chi connectivity index (χ1n) is 9.39. The fourth-order valence-electron chi connectivity index (χ4n) is 3.39. The van der Waals surface area contributed by atoms with E-state index in [0.29, 0.717) is 41.7 Å². The van der Waals surface area contributed by atoms with E-state index >= 15 is 0 Å². The molecule has 1 aromatic carbocycles. The molecule has 0 bridgehead atoms. The second-order valence-electron chi connectivity index (χ2n) is 6.88. The van der Waals surface area contributed by atoms with Gasteiger partial charge in [0.15, 0.2) is 0 Å². The number of nitrogens with one attached hydrogen (secondary N) is 2. The summed E-state index contributed by atoms with van der Waals surface area (Å²) in [6, 6.07) is 7.34. The largest absolute Gasteiger partial charge is 0.497 e. The Kier molecular flexibility index (Phi) is 5.30. The van der Waals surface area contributed by atoms with Gasteiger partial charge in [-0.25, -0.2) is 14.8 Å². The highest BCUT2D eigenvalue weighted by atomic mass is 16.5. The van der Waals surface area contributed by atoms with Crippen LogP contribution in [0, 0.1) is 11.8 Å². The summed E-state index contributed by atoms with van der Waals surface area (Å²) in [5, 5.41) is 13.3. The Labute approximate surface area is 173 Å². The second kappa shape index (κ2) is 8.21. The van der Waals surface area contributed by atoms with Gasteiger partial charge in [0, 0.05) is 30.8 Å². The van der Waals surface area contributed by atoms with Crippen LogP contribution < -0.4 is 14.8 Å². The van der Waals surface area contributed by atoms with Crippen LogP contribution in [0.1, 0.15) is 17.7 Å². The molecule has 1 saturated heterocycles. The van der Waals surface area contributed by atoms with Gasteiger partial charge in [0.25, 0.3) is 0 Å². The molecule has 1 fully saturated rings. The Bertz CT molecular complexity index is 1120. The number of H-pyrrole nitrogens is 1. The lowest BCUT2D eigenvalue weighted by atomic mass is 10.2. The van der Waals surface area contributed by atoms with Crippen molar-refractivity contribution >= 4 is 22.9 Å². The topological polar surface area (TPSA) is 113 Å². The number of anilines is 1. The molecular formula is C21H21N5O4. The van der Waals surface area contributed by atoms with E-state index in [1.165, 1.54) is 11.2 Å². The molecule has 3 N–H and O–H groups in total. The maximum atomic E-state index is 11.1. The van der Waals surface area contributed by atoms with Crippen LogP contribution in [0.15, 0.2) is 30.6 Å². The molecule has 154 valence electrons. The number of nitrogens with zero attached hydrogens (tertiary/aromatic N) is 3. The van der Waals surface area contributed by atoms with Crippen LogP contribution in [0.4, 0.5) is 10.6 Å². The van der Waals surface area contributed by atoms with Crippen molar-refractivity contribution in [3.05, 3.63) is 41.9 Å². The molecule has 0 spiro atoms. The van der Waals surface area contributed by atoms with E-state index < -0.39 is 6.09 Å². The minimum absolute atomic E-state index is 0.00730. The third kappa shape index (κ3) is 4.07. The molecule has 3 aromatic rings. The molecule has 1 atom stereocenters. The van der Waals surface area contributed by atoms with E-state index in [2.05, 4.69) is 32.1 Å². The summed E-state index contributed by atoms with van der Waals surface area (Å²) in [7, 11) is 3.19. The average molecular weight is 407 g/mol. The van der Waals surface area contributed by atoms with Crippen LogP contribution in [-0.2, 0) is 0 Å². The van der Waals surface area contributed by atoms with E-state index in [-0.39, 0.29) is 6.04 Å². The van der Waals surface area contributed by atoms with Gasteiger partial charge in [-0.15, -0.1) is 0 Å². The van der Waals surface area contributed by atoms with Gasteiger partial charge < -0.3 is 29.8 Å². The highest BCUT2D eigenvalue weighted by Crippen LogP contribution is 2.24. The number of carboxylic acid groups (broad SMARTS) is 1. The minimum Gasteiger partial charge on any atom is -0.497 e. The zero-order chi connectivity index (χ0) is 21.1. The van der Waals surface area contributed by atoms with Gasteiger partial charge in [-0.2, -0.15) is 0 Å². The molecule has 0 saturated carbocycles. The minimum atomic E-state index is -0.902. The summed E-state index contributed by atoms with van der Waals surface area (Å²) in [5.41, 5.74) is 2.11. The van der Waals surface area contributed by atoms with E-state index in [9.17, 15) is 4.79 Å². The van der Waals surface area contributed by atoms with Gasteiger partial charge in [-0.1, -0.05) is 5.92 Å². The third-order valence-electron chi connectivity index (χ3n) is 4.92. The van der Waals surface area contributed by atoms with Crippen LogP contribution >= 0.6 is 0 Å². The lowest BCUT2D eigenvalue weighted by Gasteiger charge is -2.14. The molecule has 0 unspecified atom stereocenters. The molecule has 30 heavy (non-hydrogen) atoms. The van der Waals surface area contributed by atoms with Crippen LogP contribution in [0.5, 0.6) is 11.5 Å². The Morgan fingerprint density at radius 3 is 2.63 bits per heavy atom. The number of hydrogen-bond acceptors (Lipinski definition) is 6. The number of aromatic amines is 1. The fourth-order valence-corrected chi connectivity index (χ4v) is 3.39. The maximum Gasteiger partial charge on any atom is 0.407 e. The summed E-state index contributed by atoms with van der Waals surface area (Å²) >= 11 is 0. The SMILES string of the molecule is COc1cc(C#Cc2cc3c(N[C@H]4CCN(C(=O)O)C4)ncnc3[nH]2)cc(OC)c1. The van der Waals surface area contributed by atoms with Gasteiger partial charge in [-0.05, 0) is 30.5 Å². The van der Waals surface area contributed by atoms with Crippen LogP contribution in [-0.4, -0.2) is 64.4 Å². The zero-order valence-corrected chi connectivity index (χ0v) is 16.6. The molecule has 1 amide bonds. The maximum absolute atomic E-state index is 11.1. The number of benzene rings is 1. The lowest BCUT2D eigenvalue weighted by molar-refractivity contribution is 0.155. The highest BCUT2D eigenvalue weighted by molar-refractivity contribution is 5.88. The molecular weight excluding hydrogens is 386 g/mol. The summed E-state index contributed by atoms with van der Waals surface area (Å²) in [6.45, 7) is 0.935. The lowest BCUT2D eigenvalue weighted by Crippen LogP contribution is -2.30. The summed E-state index contributed by atoms with van der Waals surface area (Å²) < 4.78 is 10.6. The number of hydrogen-bond donors (Lipinski definition) is 3. The first-order chi connectivity index (χ1) is 14.6. The molecule has 3 heterocycles. The monoisotopic (exact) mass is 407 g/mol. The van der Waals surface area contributed by atoms with E-state index in [1.807, 2.05) is 18.2 Å². The summed E-state index contributed by atoms with van der Waals surface area (Å²) in [4.78, 5) is 24.3. The number of amides is 1. The highest BCUT2D eigenvalue weighted by Gasteiger charge is 2.26. The average Bonchev–Trinajstić information content (AvgIpc) is 3.39. The van der Waals surface area contributed by atoms with Crippen molar-refractivity contribution in [1.29, 1.82) is 0 Å². The molecule has 9 nitrogen and oxygen atoms in total. The first kappa shape index (κ1) is 19.4. The van der Waals surface area contributed by atoms with Gasteiger partial charge >= 0.3 is 6.09 Å². The van der Waals surface area contributed by atoms with Gasteiger partial charge in [0.05, 0.1) is 25.3 Å². The van der Waals surface area contributed by atoms with Gasteiger partial charge in [0.2, 0.25) is 0 Å². The number of rotatable bonds is 4. The predicted octanol–water partition coefficient (Wildman–Crippen LogP) is 2.54. The van der Waals surface area contributed by atoms with Crippen LogP contribution in [0.25, 0.3) is 11.0 Å². The van der Waals surface area contributed by atoms with Crippen LogP contribution in [0.2, 0.25) is 0 Å². The molecule has 1 aliphatic rings. The smallest absolute Gasteiger partial charge is 0.407 e. The third-order valence-corrected chi connectivity index (χ3v) is 4.92. The van der Waals surface area contributed by atoms with Crippen molar-refractivity contribution in [3.63, 3.8) is 0 Å². The normalized spacial score (nSPS) is 15.5. The molecule has 1 aliphatic heterocycles. The molecule has 2 aromatic heterocycles. The number of carbonyl (C=O) groups is 1. The quantitative estimate of drug-likeness (QED) is 0.570.